The molecule has 0 unspecified atom stereocenters. The zero-order chi connectivity index (χ0) is 39.0. The number of anilines is 3. The van der Waals surface area contributed by atoms with Crippen LogP contribution in [0.2, 0.25) is 0 Å². The average Bonchev–Trinajstić information content (AvgIpc) is 3.85. The predicted molar refractivity (Wildman–Crippen MR) is 248 cm³/mol. The fourth-order valence-electron chi connectivity index (χ4n) is 11.6. The third-order valence-corrected chi connectivity index (χ3v) is 14.1. The van der Waals surface area contributed by atoms with Gasteiger partial charge in [-0.25, -0.2) is 0 Å². The van der Waals surface area contributed by atoms with Crippen molar-refractivity contribution in [3.63, 3.8) is 0 Å². The zero-order valence-corrected chi connectivity index (χ0v) is 33.0. The quantitative estimate of drug-likeness (QED) is 0.163. The highest BCUT2D eigenvalue weighted by Crippen LogP contribution is 2.65. The van der Waals surface area contributed by atoms with E-state index in [1.807, 2.05) is 0 Å². The Balaban J connectivity index is 1.14. The van der Waals surface area contributed by atoms with Crippen molar-refractivity contribution in [3.8, 4) is 33.4 Å². The second-order valence-electron chi connectivity index (χ2n) is 17.1. The van der Waals surface area contributed by atoms with Crippen molar-refractivity contribution in [2.45, 2.75) is 24.7 Å². The first-order chi connectivity index (χ1) is 29.0. The van der Waals surface area contributed by atoms with Crippen molar-refractivity contribution in [2.24, 2.45) is 0 Å². The normalized spacial score (nSPS) is 14.5. The van der Waals surface area contributed by atoms with Crippen LogP contribution in [0.4, 0.5) is 17.1 Å². The van der Waals surface area contributed by atoms with E-state index in [2.05, 4.69) is 219 Å². The molecule has 0 heterocycles. The van der Waals surface area contributed by atoms with Crippen LogP contribution in [0.1, 0.15) is 47.2 Å². The third kappa shape index (κ3) is 4.14. The van der Waals surface area contributed by atoms with E-state index >= 15 is 0 Å². The number of hydrogen-bond donors (Lipinski definition) is 0. The lowest BCUT2D eigenvalue weighted by molar-refractivity contribution is 0.660. The van der Waals surface area contributed by atoms with Crippen LogP contribution in [0.15, 0.2) is 200 Å². The first-order valence-electron chi connectivity index (χ1n) is 20.9. The van der Waals surface area contributed by atoms with Gasteiger partial charge in [-0.2, -0.15) is 0 Å². The van der Waals surface area contributed by atoms with Gasteiger partial charge in [-0.05, 0) is 124 Å². The van der Waals surface area contributed by atoms with Crippen LogP contribution >= 0.6 is 0 Å². The van der Waals surface area contributed by atoms with Crippen molar-refractivity contribution in [3.05, 3.63) is 234 Å². The summed E-state index contributed by atoms with van der Waals surface area (Å²) >= 11 is 0. The van der Waals surface area contributed by atoms with Crippen molar-refractivity contribution < 1.29 is 0 Å². The molecule has 0 saturated heterocycles. The zero-order valence-electron chi connectivity index (χ0n) is 33.0. The van der Waals surface area contributed by atoms with Crippen molar-refractivity contribution in [1.82, 2.24) is 0 Å². The second kappa shape index (κ2) is 11.7. The van der Waals surface area contributed by atoms with E-state index in [0.29, 0.717) is 0 Å². The van der Waals surface area contributed by atoms with Crippen LogP contribution in [0.5, 0.6) is 0 Å². The lowest BCUT2D eigenvalue weighted by Crippen LogP contribution is -2.26. The van der Waals surface area contributed by atoms with Gasteiger partial charge in [-0.15, -0.1) is 0 Å². The number of rotatable bonds is 3. The lowest BCUT2D eigenvalue weighted by atomic mass is 9.70. The van der Waals surface area contributed by atoms with Crippen LogP contribution in [-0.2, 0) is 10.8 Å². The predicted octanol–water partition coefficient (Wildman–Crippen LogP) is 15.3. The Labute approximate surface area is 344 Å². The van der Waals surface area contributed by atoms with Gasteiger partial charge in [-0.1, -0.05) is 184 Å². The SMILES string of the molecule is CC1(C)c2ccccc2-c2cc(N(c3ccc4c5ccccc5c5ccccc5c4c3)c3cccc4c3-c3ccccc3C43c4ccccc4-c4ccccc43)ccc21. The molecule has 3 aliphatic rings. The maximum Gasteiger partial charge on any atom is 0.0726 e. The smallest absolute Gasteiger partial charge is 0.0726 e. The summed E-state index contributed by atoms with van der Waals surface area (Å²) in [5.41, 5.74) is 19.0. The highest BCUT2D eigenvalue weighted by atomic mass is 15.1. The molecule has 1 nitrogen and oxygen atoms in total. The van der Waals surface area contributed by atoms with Gasteiger partial charge in [0.05, 0.1) is 11.1 Å². The Bertz CT molecular complexity index is 3360. The minimum atomic E-state index is -0.430. The Morgan fingerprint density at radius 3 is 1.36 bits per heavy atom. The van der Waals surface area contributed by atoms with Crippen molar-refractivity contribution in [1.29, 1.82) is 0 Å². The molecule has 10 aromatic carbocycles. The maximum absolute atomic E-state index is 2.55. The summed E-state index contributed by atoms with van der Waals surface area (Å²) in [5.74, 6) is 0. The summed E-state index contributed by atoms with van der Waals surface area (Å²) < 4.78 is 0. The Morgan fingerprint density at radius 1 is 0.305 bits per heavy atom. The molecule has 0 saturated carbocycles. The van der Waals surface area contributed by atoms with E-state index in [1.54, 1.807) is 0 Å². The molecular formula is C58H39N. The number of fused-ring (bicyclic) bond motifs is 19. The number of benzene rings is 10. The summed E-state index contributed by atoms with van der Waals surface area (Å²) in [6.07, 6.45) is 0. The minimum absolute atomic E-state index is 0.0826. The summed E-state index contributed by atoms with van der Waals surface area (Å²) in [4.78, 5) is 2.55. The lowest BCUT2D eigenvalue weighted by Gasteiger charge is -2.32. The molecule has 13 rings (SSSR count). The topological polar surface area (TPSA) is 3.24 Å². The molecule has 0 aliphatic heterocycles. The van der Waals surface area contributed by atoms with E-state index < -0.39 is 5.41 Å². The standard InChI is InChI=1S/C58H39N/c1-57(2)49-24-11-7-22-45(49)48-35-37(31-33-50(48)57)59(36-30-32-42-40-18-4-3-16-38(40)39-17-5-6-19-41(39)47(42)34-36)55-29-15-28-54-56(55)46-23-10-14-27-53(46)58(54)51-25-12-8-20-43(51)44-21-9-13-26-52(44)58/h3-35H,1-2H3. The largest absolute Gasteiger partial charge is 0.310 e. The molecule has 0 bridgehead atoms. The Morgan fingerprint density at radius 2 is 0.729 bits per heavy atom. The molecule has 0 N–H and O–H groups in total. The molecule has 0 fully saturated rings. The van der Waals surface area contributed by atoms with E-state index in [0.717, 1.165) is 11.4 Å². The van der Waals surface area contributed by atoms with Gasteiger partial charge in [0, 0.05) is 22.4 Å². The number of nitrogens with zero attached hydrogens (tertiary/aromatic N) is 1. The number of hydrogen-bond acceptors (Lipinski definition) is 1. The molecule has 1 heteroatoms. The fourth-order valence-corrected chi connectivity index (χ4v) is 11.6. The Hall–Kier alpha value is -7.22. The maximum atomic E-state index is 2.55. The molecule has 0 radical (unpaired) electrons. The van der Waals surface area contributed by atoms with Crippen LogP contribution in [0, 0.1) is 0 Å². The first kappa shape index (κ1) is 32.8. The van der Waals surface area contributed by atoms with Gasteiger partial charge in [0.15, 0.2) is 0 Å². The third-order valence-electron chi connectivity index (χ3n) is 14.1. The average molecular weight is 750 g/mol. The van der Waals surface area contributed by atoms with E-state index in [-0.39, 0.29) is 5.41 Å². The highest BCUT2D eigenvalue weighted by molar-refractivity contribution is 6.26. The van der Waals surface area contributed by atoms with Gasteiger partial charge in [0.2, 0.25) is 0 Å². The summed E-state index contributed by atoms with van der Waals surface area (Å²) in [5, 5.41) is 7.66. The van der Waals surface area contributed by atoms with Gasteiger partial charge in [0.25, 0.3) is 0 Å². The first-order valence-corrected chi connectivity index (χ1v) is 20.9. The molecule has 3 aliphatic carbocycles. The van der Waals surface area contributed by atoms with Crippen LogP contribution < -0.4 is 4.90 Å². The van der Waals surface area contributed by atoms with E-state index in [9.17, 15) is 0 Å². The van der Waals surface area contributed by atoms with Crippen LogP contribution in [-0.4, -0.2) is 0 Å². The minimum Gasteiger partial charge on any atom is -0.310 e. The van der Waals surface area contributed by atoms with Crippen LogP contribution in [0.3, 0.4) is 0 Å². The molecule has 0 amide bonds. The van der Waals surface area contributed by atoms with E-state index in [4.69, 9.17) is 0 Å². The Kier molecular flexibility index (Phi) is 6.50. The molecule has 276 valence electrons. The summed E-state index contributed by atoms with van der Waals surface area (Å²) in [6.45, 7) is 4.73. The molecular weight excluding hydrogens is 711 g/mol. The molecule has 10 aromatic rings. The molecule has 1 spiro atoms. The molecule has 0 aromatic heterocycles. The van der Waals surface area contributed by atoms with Gasteiger partial charge in [-0.3, -0.25) is 0 Å². The van der Waals surface area contributed by atoms with Crippen molar-refractivity contribution in [2.75, 3.05) is 4.90 Å². The second-order valence-corrected chi connectivity index (χ2v) is 17.1. The fraction of sp³-hybridized carbons (Fsp3) is 0.0690. The summed E-state index contributed by atoms with van der Waals surface area (Å²) in [6, 6.07) is 75.6. The van der Waals surface area contributed by atoms with Gasteiger partial charge >= 0.3 is 0 Å². The highest BCUT2D eigenvalue weighted by Gasteiger charge is 2.52. The summed E-state index contributed by atoms with van der Waals surface area (Å²) in [7, 11) is 0. The van der Waals surface area contributed by atoms with E-state index in [1.165, 1.54) is 105 Å². The van der Waals surface area contributed by atoms with Crippen molar-refractivity contribution >= 4 is 49.4 Å². The molecule has 59 heavy (non-hydrogen) atoms. The van der Waals surface area contributed by atoms with Crippen LogP contribution in [0.25, 0.3) is 65.7 Å². The molecule has 0 atom stereocenters. The monoisotopic (exact) mass is 749 g/mol. The van der Waals surface area contributed by atoms with Gasteiger partial charge in [0.1, 0.15) is 0 Å². The van der Waals surface area contributed by atoms with Gasteiger partial charge < -0.3 is 4.90 Å².